The lowest BCUT2D eigenvalue weighted by molar-refractivity contribution is 0.667. The summed E-state index contributed by atoms with van der Waals surface area (Å²) in [4.78, 5) is 0. The van der Waals surface area contributed by atoms with E-state index in [1.54, 1.807) is 0 Å². The van der Waals surface area contributed by atoms with Crippen molar-refractivity contribution in [1.29, 1.82) is 0 Å². The van der Waals surface area contributed by atoms with Crippen molar-refractivity contribution in [3.05, 3.63) is 48.0 Å². The highest BCUT2D eigenvalue weighted by Gasteiger charge is 2.03. The van der Waals surface area contributed by atoms with Crippen LogP contribution in [-0.2, 0) is 6.42 Å². The maximum atomic E-state index is 2.33. The fourth-order valence-electron chi connectivity index (χ4n) is 2.18. The summed E-state index contributed by atoms with van der Waals surface area (Å²) in [5.74, 6) is 0. The van der Waals surface area contributed by atoms with Gasteiger partial charge in [-0.2, -0.15) is 0 Å². The first kappa shape index (κ1) is 11.2. The van der Waals surface area contributed by atoms with E-state index in [0.29, 0.717) is 0 Å². The van der Waals surface area contributed by atoms with Crippen LogP contribution in [0.1, 0.15) is 38.2 Å². The largest absolute Gasteiger partial charge is 0.0654 e. The highest BCUT2D eigenvalue weighted by Crippen LogP contribution is 2.25. The van der Waals surface area contributed by atoms with Gasteiger partial charge in [-0.3, -0.25) is 0 Å². The Labute approximate surface area is 98.7 Å². The lowest BCUT2D eigenvalue weighted by Gasteiger charge is -1.96. The molecular formula is C16H20. The fourth-order valence-corrected chi connectivity index (χ4v) is 2.18. The van der Waals surface area contributed by atoms with Gasteiger partial charge in [-0.25, -0.2) is 0 Å². The third-order valence-corrected chi connectivity index (χ3v) is 3.11. The molecule has 0 heteroatoms. The molecule has 0 aromatic carbocycles. The number of hydrogen-bond donors (Lipinski definition) is 0. The fraction of sp³-hybridized carbons (Fsp3) is 0.375. The van der Waals surface area contributed by atoms with Crippen molar-refractivity contribution in [3.63, 3.8) is 0 Å². The maximum Gasteiger partial charge on any atom is -0.0181 e. The van der Waals surface area contributed by atoms with Gasteiger partial charge >= 0.3 is 0 Å². The molecule has 0 aliphatic heterocycles. The Morgan fingerprint density at radius 3 is 2.12 bits per heavy atom. The summed E-state index contributed by atoms with van der Waals surface area (Å²) in [7, 11) is 0. The summed E-state index contributed by atoms with van der Waals surface area (Å²) in [5.41, 5.74) is 4.24. The smallest absolute Gasteiger partial charge is 0.0181 e. The summed E-state index contributed by atoms with van der Waals surface area (Å²) < 4.78 is 0. The molecule has 0 saturated carbocycles. The van der Waals surface area contributed by atoms with Crippen LogP contribution in [0.3, 0.4) is 0 Å². The Balaban J connectivity index is 2.01. The summed E-state index contributed by atoms with van der Waals surface area (Å²) in [6.45, 7) is 2.26. The molecule has 0 aromatic heterocycles. The second kappa shape index (κ2) is 5.69. The topological polar surface area (TPSA) is 0 Å². The van der Waals surface area contributed by atoms with E-state index in [0.717, 1.165) is 0 Å². The van der Waals surface area contributed by atoms with Gasteiger partial charge < -0.3 is 0 Å². The molecule has 2 aliphatic carbocycles. The molecular weight excluding hydrogens is 192 g/mol. The van der Waals surface area contributed by atoms with Gasteiger partial charge in [0.1, 0.15) is 0 Å². The molecule has 2 aliphatic rings. The van der Waals surface area contributed by atoms with Gasteiger partial charge in [0, 0.05) is 0 Å². The van der Waals surface area contributed by atoms with Gasteiger partial charge in [0.05, 0.1) is 0 Å². The Morgan fingerprint density at radius 2 is 1.50 bits per heavy atom. The molecule has 0 heterocycles. The average Bonchev–Trinajstić information content (AvgIpc) is 2.55. The maximum absolute atomic E-state index is 2.33. The van der Waals surface area contributed by atoms with Crippen LogP contribution in [0.25, 0.3) is 11.1 Å². The van der Waals surface area contributed by atoms with Crippen LogP contribution in [0.2, 0.25) is 0 Å². The van der Waals surface area contributed by atoms with Gasteiger partial charge in [0.15, 0.2) is 0 Å². The second-order valence-electron chi connectivity index (χ2n) is 4.50. The first-order chi connectivity index (χ1) is 7.90. The van der Waals surface area contributed by atoms with Crippen LogP contribution in [0.5, 0.6) is 0 Å². The highest BCUT2D eigenvalue weighted by atomic mass is 14.1. The molecule has 84 valence electrons. The quantitative estimate of drug-likeness (QED) is 0.617. The molecule has 0 radical (unpaired) electrons. The molecule has 0 spiro atoms. The molecule has 0 saturated heterocycles. The molecule has 0 fully saturated rings. The molecule has 0 atom stereocenters. The van der Waals surface area contributed by atoms with Gasteiger partial charge in [-0.15, -0.1) is 0 Å². The van der Waals surface area contributed by atoms with Gasteiger partial charge in [-0.05, 0) is 29.5 Å². The first-order valence-corrected chi connectivity index (χ1v) is 6.38. The minimum atomic E-state index is 1.23. The zero-order valence-electron chi connectivity index (χ0n) is 10.1. The molecule has 16 heavy (non-hydrogen) atoms. The third kappa shape index (κ3) is 2.85. The average molecular weight is 212 g/mol. The van der Waals surface area contributed by atoms with Crippen LogP contribution in [-0.4, -0.2) is 0 Å². The zero-order chi connectivity index (χ0) is 11.2. The Bertz CT molecular complexity index is 372. The molecule has 0 N–H and O–H groups in total. The van der Waals surface area contributed by atoms with Crippen LogP contribution in [0, 0.1) is 0 Å². The predicted octanol–water partition coefficient (Wildman–Crippen LogP) is 4.91. The normalized spacial score (nSPS) is 10.8. The standard InChI is InChI=1S/C16H20/c1-2-3-4-6-9-14-12-15-10-7-5-8-11-16(15)13-14/h5,7-8,10-13H,2-4,6,9H2,1H3. The summed E-state index contributed by atoms with van der Waals surface area (Å²) in [6.07, 6.45) is 6.62. The number of hydrogen-bond acceptors (Lipinski definition) is 0. The summed E-state index contributed by atoms with van der Waals surface area (Å²) in [6, 6.07) is 15.4. The van der Waals surface area contributed by atoms with Crippen molar-refractivity contribution in [2.45, 2.75) is 39.0 Å². The van der Waals surface area contributed by atoms with Gasteiger partial charge in [0.25, 0.3) is 0 Å². The van der Waals surface area contributed by atoms with E-state index >= 15 is 0 Å². The van der Waals surface area contributed by atoms with E-state index in [1.807, 2.05) is 0 Å². The number of rotatable bonds is 5. The molecule has 2 rings (SSSR count). The first-order valence-electron chi connectivity index (χ1n) is 6.38. The summed E-state index contributed by atoms with van der Waals surface area (Å²) >= 11 is 0. The van der Waals surface area contributed by atoms with E-state index < -0.39 is 0 Å². The van der Waals surface area contributed by atoms with Crippen molar-refractivity contribution < 1.29 is 0 Å². The van der Waals surface area contributed by atoms with Crippen molar-refractivity contribution in [3.8, 4) is 11.1 Å². The molecule has 0 unspecified atom stereocenters. The van der Waals surface area contributed by atoms with Gasteiger partial charge in [-0.1, -0.05) is 68.7 Å². The lowest BCUT2D eigenvalue weighted by Crippen LogP contribution is -1.81. The molecule has 0 bridgehead atoms. The van der Waals surface area contributed by atoms with Crippen LogP contribution < -0.4 is 0 Å². The third-order valence-electron chi connectivity index (χ3n) is 3.11. The van der Waals surface area contributed by atoms with Crippen molar-refractivity contribution in [2.75, 3.05) is 0 Å². The van der Waals surface area contributed by atoms with E-state index in [9.17, 15) is 0 Å². The van der Waals surface area contributed by atoms with Crippen LogP contribution >= 0.6 is 0 Å². The van der Waals surface area contributed by atoms with E-state index in [1.165, 1.54) is 48.8 Å². The number of fused-ring (bicyclic) bond motifs is 1. The molecule has 0 amide bonds. The Morgan fingerprint density at radius 1 is 0.812 bits per heavy atom. The van der Waals surface area contributed by atoms with E-state index in [4.69, 9.17) is 0 Å². The lowest BCUT2D eigenvalue weighted by atomic mass is 10.1. The Hall–Kier alpha value is -1.30. The van der Waals surface area contributed by atoms with Crippen LogP contribution in [0.15, 0.2) is 42.5 Å². The highest BCUT2D eigenvalue weighted by molar-refractivity contribution is 5.67. The van der Waals surface area contributed by atoms with Crippen LogP contribution in [0.4, 0.5) is 0 Å². The minimum Gasteiger partial charge on any atom is -0.0654 e. The molecule has 0 aromatic rings. The van der Waals surface area contributed by atoms with E-state index in [2.05, 4.69) is 49.4 Å². The monoisotopic (exact) mass is 212 g/mol. The zero-order valence-corrected chi connectivity index (χ0v) is 10.1. The van der Waals surface area contributed by atoms with Crippen molar-refractivity contribution in [1.82, 2.24) is 0 Å². The van der Waals surface area contributed by atoms with Crippen molar-refractivity contribution in [2.24, 2.45) is 0 Å². The number of aryl methyl sites for hydroxylation is 1. The Kier molecular flexibility index (Phi) is 3.98. The van der Waals surface area contributed by atoms with E-state index in [-0.39, 0.29) is 0 Å². The number of unbranched alkanes of at least 4 members (excludes halogenated alkanes) is 3. The SMILES string of the molecule is CCCCCCc1cc2cccccc-2c1. The predicted molar refractivity (Wildman–Crippen MR) is 70.9 cm³/mol. The molecule has 0 nitrogen and oxygen atoms in total. The second-order valence-corrected chi connectivity index (χ2v) is 4.50. The summed E-state index contributed by atoms with van der Waals surface area (Å²) in [5, 5.41) is 0. The van der Waals surface area contributed by atoms with Gasteiger partial charge in [0.2, 0.25) is 0 Å². The minimum absolute atomic E-state index is 1.23. The van der Waals surface area contributed by atoms with Crippen molar-refractivity contribution >= 4 is 0 Å².